The number of hydrogen-bond acceptors (Lipinski definition) is 4. The van der Waals surface area contributed by atoms with Gasteiger partial charge in [-0.3, -0.25) is 9.59 Å². The maximum atomic E-state index is 12.3. The summed E-state index contributed by atoms with van der Waals surface area (Å²) < 4.78 is 41.9. The second-order valence-electron chi connectivity index (χ2n) is 6.15. The lowest BCUT2D eigenvalue weighted by molar-refractivity contribution is -0.123. The highest BCUT2D eigenvalue weighted by atomic mass is 19.4. The van der Waals surface area contributed by atoms with E-state index in [4.69, 9.17) is 4.74 Å². The highest BCUT2D eigenvalue weighted by Gasteiger charge is 2.28. The number of para-hydroxylation sites is 1. The minimum absolute atomic E-state index is 0.0304. The van der Waals surface area contributed by atoms with E-state index in [0.717, 1.165) is 11.3 Å². The van der Waals surface area contributed by atoms with Crippen LogP contribution in [0.5, 0.6) is 5.75 Å². The summed E-state index contributed by atoms with van der Waals surface area (Å²) in [6.07, 6.45) is -3.87. The summed E-state index contributed by atoms with van der Waals surface area (Å²) in [5, 5.41) is 7.34. The fourth-order valence-corrected chi connectivity index (χ4v) is 2.49. The Balaban J connectivity index is 1.81. The van der Waals surface area contributed by atoms with Crippen LogP contribution in [0.1, 0.15) is 15.9 Å². The van der Waals surface area contributed by atoms with Crippen LogP contribution in [-0.2, 0) is 11.2 Å². The van der Waals surface area contributed by atoms with E-state index in [0.29, 0.717) is 13.0 Å². The Bertz CT molecular complexity index is 824. The van der Waals surface area contributed by atoms with Crippen molar-refractivity contribution in [2.45, 2.75) is 12.6 Å². The molecule has 2 amide bonds. The van der Waals surface area contributed by atoms with Gasteiger partial charge in [-0.1, -0.05) is 24.3 Å². The van der Waals surface area contributed by atoms with Crippen LogP contribution in [0.15, 0.2) is 48.5 Å². The number of methoxy groups -OCH3 is 1. The highest BCUT2D eigenvalue weighted by Crippen LogP contribution is 2.17. The second kappa shape index (κ2) is 10.4. The zero-order valence-corrected chi connectivity index (χ0v) is 15.8. The molecule has 9 heteroatoms. The smallest absolute Gasteiger partial charge is 0.405 e. The SMILES string of the molecule is COc1ccc(CCNC(=O)CNc2ccccc2C(=O)NCC(F)(F)F)cc1. The Morgan fingerprint density at radius 2 is 1.69 bits per heavy atom. The zero-order chi connectivity index (χ0) is 21.3. The number of hydrogen-bond donors (Lipinski definition) is 3. The number of nitrogens with one attached hydrogen (secondary N) is 3. The number of rotatable bonds is 9. The zero-order valence-electron chi connectivity index (χ0n) is 15.8. The quantitative estimate of drug-likeness (QED) is 0.595. The minimum Gasteiger partial charge on any atom is -0.497 e. The van der Waals surface area contributed by atoms with Crippen molar-refractivity contribution in [1.29, 1.82) is 0 Å². The van der Waals surface area contributed by atoms with Crippen LogP contribution < -0.4 is 20.7 Å². The molecule has 0 saturated carbocycles. The van der Waals surface area contributed by atoms with Gasteiger partial charge in [-0.15, -0.1) is 0 Å². The third-order valence-electron chi connectivity index (χ3n) is 3.96. The summed E-state index contributed by atoms with van der Waals surface area (Å²) in [4.78, 5) is 24.0. The Labute approximate surface area is 166 Å². The molecule has 2 aromatic rings. The van der Waals surface area contributed by atoms with Crippen molar-refractivity contribution >= 4 is 17.5 Å². The average molecular weight is 409 g/mol. The molecule has 0 aliphatic heterocycles. The molecular weight excluding hydrogens is 387 g/mol. The third-order valence-corrected chi connectivity index (χ3v) is 3.96. The van der Waals surface area contributed by atoms with Crippen LogP contribution in [0, 0.1) is 0 Å². The molecule has 0 atom stereocenters. The molecule has 0 heterocycles. The van der Waals surface area contributed by atoms with Crippen molar-refractivity contribution in [3.05, 3.63) is 59.7 Å². The highest BCUT2D eigenvalue weighted by molar-refractivity contribution is 6.00. The molecule has 0 aliphatic carbocycles. The molecule has 0 fully saturated rings. The molecule has 156 valence electrons. The molecule has 0 aliphatic rings. The summed E-state index contributed by atoms with van der Waals surface area (Å²) in [5.74, 6) is -0.422. The topological polar surface area (TPSA) is 79.5 Å². The van der Waals surface area contributed by atoms with E-state index >= 15 is 0 Å². The summed E-state index contributed by atoms with van der Waals surface area (Å²) >= 11 is 0. The van der Waals surface area contributed by atoms with Crippen LogP contribution in [0.3, 0.4) is 0 Å². The standard InChI is InChI=1S/C20H22F3N3O3/c1-29-15-8-6-14(7-9-15)10-11-24-18(27)12-25-17-5-3-2-4-16(17)19(28)26-13-20(21,22)23/h2-9,25H,10-13H2,1H3,(H,24,27)(H,26,28). The Morgan fingerprint density at radius 3 is 2.34 bits per heavy atom. The number of ether oxygens (including phenoxy) is 1. The number of benzene rings is 2. The van der Waals surface area contributed by atoms with Crippen molar-refractivity contribution in [2.75, 3.05) is 32.1 Å². The van der Waals surface area contributed by atoms with E-state index < -0.39 is 18.6 Å². The van der Waals surface area contributed by atoms with Crippen molar-refractivity contribution in [3.63, 3.8) is 0 Å². The number of carbonyl (C=O) groups is 2. The van der Waals surface area contributed by atoms with Gasteiger partial charge in [-0.25, -0.2) is 0 Å². The van der Waals surface area contributed by atoms with E-state index in [1.54, 1.807) is 13.2 Å². The first-order chi connectivity index (χ1) is 13.8. The molecule has 6 nitrogen and oxygen atoms in total. The number of carbonyl (C=O) groups excluding carboxylic acids is 2. The van der Waals surface area contributed by atoms with Crippen LogP contribution >= 0.6 is 0 Å². The van der Waals surface area contributed by atoms with Gasteiger partial charge in [-0.2, -0.15) is 13.2 Å². The maximum Gasteiger partial charge on any atom is 0.405 e. The Kier molecular flexibility index (Phi) is 7.88. The van der Waals surface area contributed by atoms with E-state index in [-0.39, 0.29) is 23.7 Å². The summed E-state index contributed by atoms with van der Waals surface area (Å²) in [7, 11) is 1.58. The first-order valence-electron chi connectivity index (χ1n) is 8.86. The molecule has 0 bridgehead atoms. The Morgan fingerprint density at radius 1 is 1.00 bits per heavy atom. The molecule has 2 aromatic carbocycles. The second-order valence-corrected chi connectivity index (χ2v) is 6.15. The number of anilines is 1. The molecule has 2 rings (SSSR count). The van der Waals surface area contributed by atoms with Crippen molar-refractivity contribution in [1.82, 2.24) is 10.6 Å². The molecule has 0 radical (unpaired) electrons. The molecule has 0 aromatic heterocycles. The van der Waals surface area contributed by atoms with Crippen LogP contribution in [0.2, 0.25) is 0 Å². The van der Waals surface area contributed by atoms with Crippen molar-refractivity contribution < 1.29 is 27.5 Å². The maximum absolute atomic E-state index is 12.3. The van der Waals surface area contributed by atoms with Gasteiger partial charge >= 0.3 is 6.18 Å². The van der Waals surface area contributed by atoms with E-state index in [2.05, 4.69) is 10.6 Å². The van der Waals surface area contributed by atoms with Crippen LogP contribution in [0.4, 0.5) is 18.9 Å². The molecule has 29 heavy (non-hydrogen) atoms. The largest absolute Gasteiger partial charge is 0.497 e. The van der Waals surface area contributed by atoms with Crippen molar-refractivity contribution in [2.24, 2.45) is 0 Å². The van der Waals surface area contributed by atoms with E-state index in [9.17, 15) is 22.8 Å². The third kappa shape index (κ3) is 7.73. The normalized spacial score (nSPS) is 10.9. The number of amides is 2. The minimum atomic E-state index is -4.50. The molecule has 0 saturated heterocycles. The summed E-state index contributed by atoms with van der Waals surface area (Å²) in [6, 6.07) is 13.5. The summed E-state index contributed by atoms with van der Waals surface area (Å²) in [5.41, 5.74) is 1.34. The molecule has 3 N–H and O–H groups in total. The average Bonchev–Trinajstić information content (AvgIpc) is 2.70. The number of alkyl halides is 3. The van der Waals surface area contributed by atoms with Gasteiger partial charge in [0.2, 0.25) is 5.91 Å². The van der Waals surface area contributed by atoms with E-state index in [1.165, 1.54) is 18.2 Å². The first-order valence-corrected chi connectivity index (χ1v) is 8.86. The molecule has 0 spiro atoms. The van der Waals surface area contributed by atoms with Gasteiger partial charge in [0.05, 0.1) is 19.2 Å². The predicted octanol–water partition coefficient (Wildman–Crippen LogP) is 2.76. The first kappa shape index (κ1) is 22.1. The Hall–Kier alpha value is -3.23. The lowest BCUT2D eigenvalue weighted by Crippen LogP contribution is -2.35. The predicted molar refractivity (Wildman–Crippen MR) is 103 cm³/mol. The molecular formula is C20H22F3N3O3. The van der Waals surface area contributed by atoms with Gasteiger partial charge in [0.25, 0.3) is 5.91 Å². The lowest BCUT2D eigenvalue weighted by Gasteiger charge is -2.13. The van der Waals surface area contributed by atoms with Gasteiger partial charge in [-0.05, 0) is 36.2 Å². The van der Waals surface area contributed by atoms with Gasteiger partial charge in [0, 0.05) is 12.2 Å². The van der Waals surface area contributed by atoms with Gasteiger partial charge in [0.15, 0.2) is 0 Å². The van der Waals surface area contributed by atoms with Crippen LogP contribution in [0.25, 0.3) is 0 Å². The van der Waals surface area contributed by atoms with Crippen LogP contribution in [-0.4, -0.2) is 44.7 Å². The van der Waals surface area contributed by atoms with Crippen molar-refractivity contribution in [3.8, 4) is 5.75 Å². The molecule has 0 unspecified atom stereocenters. The fraction of sp³-hybridized carbons (Fsp3) is 0.300. The summed E-state index contributed by atoms with van der Waals surface area (Å²) in [6.45, 7) is -1.13. The number of halogens is 3. The lowest BCUT2D eigenvalue weighted by atomic mass is 10.1. The fourth-order valence-electron chi connectivity index (χ4n) is 2.49. The van der Waals surface area contributed by atoms with E-state index in [1.807, 2.05) is 29.6 Å². The monoisotopic (exact) mass is 409 g/mol. The van der Waals surface area contributed by atoms with Gasteiger partial charge < -0.3 is 20.7 Å². The van der Waals surface area contributed by atoms with Gasteiger partial charge in [0.1, 0.15) is 12.3 Å².